The van der Waals surface area contributed by atoms with Crippen LogP contribution in [-0.4, -0.2) is 40.1 Å². The molecule has 1 aliphatic heterocycles. The molecule has 4 aromatic rings. The lowest BCUT2D eigenvalue weighted by Crippen LogP contribution is -2.29. The summed E-state index contributed by atoms with van der Waals surface area (Å²) in [4.78, 5) is 39.9. The SMILES string of the molecule is COC(=O)c1ccc(C2C(=C(O)c3ccc(C)c(F)c3)C(=O)C(=O)N2c2nnc(SCc3ccccc3Cl)s2)cc1. The highest BCUT2D eigenvalue weighted by atomic mass is 35.5. The number of carbonyl (C=O) groups excluding carboxylic acids is 3. The molecule has 0 saturated carbocycles. The number of aliphatic hydroxyl groups is 1. The number of ether oxygens (including phenoxy) is 1. The second-order valence-electron chi connectivity index (χ2n) is 8.98. The lowest BCUT2D eigenvalue weighted by Gasteiger charge is -2.22. The molecule has 1 fully saturated rings. The van der Waals surface area contributed by atoms with Crippen LogP contribution in [0.15, 0.2) is 76.6 Å². The van der Waals surface area contributed by atoms with Crippen LogP contribution in [0.2, 0.25) is 5.02 Å². The van der Waals surface area contributed by atoms with Crippen molar-refractivity contribution in [2.75, 3.05) is 12.0 Å². The van der Waals surface area contributed by atoms with E-state index in [1.54, 1.807) is 25.1 Å². The summed E-state index contributed by atoms with van der Waals surface area (Å²) in [6.45, 7) is 1.57. The number of Topliss-reactive ketones (excluding diaryl/α,β-unsaturated/α-hetero) is 1. The quantitative estimate of drug-likeness (QED) is 0.0645. The third kappa shape index (κ3) is 5.61. The number of ketones is 1. The van der Waals surface area contributed by atoms with Gasteiger partial charge in [-0.25, -0.2) is 9.18 Å². The standard InChI is InChI=1S/C29H21ClFN3O5S2/c1-15-7-8-18(13-21(15)31)24(35)22-23(16-9-11-17(12-10-16)27(38)39-2)34(26(37)25(22)36)28-32-33-29(41-28)40-14-19-5-3-4-6-20(19)30/h3-13,23,35H,14H2,1-2H3. The van der Waals surface area contributed by atoms with E-state index in [0.29, 0.717) is 26.2 Å². The molecule has 1 atom stereocenters. The van der Waals surface area contributed by atoms with Crippen LogP contribution in [-0.2, 0) is 20.1 Å². The van der Waals surface area contributed by atoms with Gasteiger partial charge in [0.1, 0.15) is 11.6 Å². The van der Waals surface area contributed by atoms with Gasteiger partial charge in [-0.3, -0.25) is 14.5 Å². The molecule has 0 bridgehead atoms. The van der Waals surface area contributed by atoms with E-state index in [1.165, 1.54) is 43.1 Å². The van der Waals surface area contributed by atoms with Gasteiger partial charge in [-0.15, -0.1) is 10.2 Å². The molecular weight excluding hydrogens is 589 g/mol. The van der Waals surface area contributed by atoms with Crippen LogP contribution in [0.4, 0.5) is 9.52 Å². The number of benzene rings is 3. The van der Waals surface area contributed by atoms with E-state index in [4.69, 9.17) is 16.3 Å². The van der Waals surface area contributed by atoms with Crippen molar-refractivity contribution in [3.05, 3.63) is 111 Å². The van der Waals surface area contributed by atoms with Crippen molar-refractivity contribution in [2.24, 2.45) is 0 Å². The van der Waals surface area contributed by atoms with E-state index in [1.807, 2.05) is 18.2 Å². The number of methoxy groups -OCH3 is 1. The second-order valence-corrected chi connectivity index (χ2v) is 11.6. The minimum absolute atomic E-state index is 0.0375. The number of halogens is 2. The Bertz CT molecular complexity index is 1710. The van der Waals surface area contributed by atoms with E-state index in [0.717, 1.165) is 27.9 Å². The number of aliphatic hydroxyl groups excluding tert-OH is 1. The first-order valence-electron chi connectivity index (χ1n) is 12.1. The summed E-state index contributed by atoms with van der Waals surface area (Å²) in [5.74, 6) is -3.07. The molecular formula is C29H21ClFN3O5S2. The molecule has 0 aliphatic carbocycles. The van der Waals surface area contributed by atoms with Crippen LogP contribution < -0.4 is 4.90 Å². The van der Waals surface area contributed by atoms with Gasteiger partial charge in [0, 0.05) is 16.3 Å². The number of anilines is 1. The lowest BCUT2D eigenvalue weighted by atomic mass is 9.94. The van der Waals surface area contributed by atoms with Gasteiger partial charge < -0.3 is 9.84 Å². The maximum absolute atomic E-state index is 14.4. The van der Waals surface area contributed by atoms with Crippen molar-refractivity contribution in [1.29, 1.82) is 0 Å². The molecule has 1 saturated heterocycles. The molecule has 1 aromatic heterocycles. The van der Waals surface area contributed by atoms with E-state index in [-0.39, 0.29) is 21.8 Å². The maximum atomic E-state index is 14.4. The zero-order valence-corrected chi connectivity index (χ0v) is 24.0. The van der Waals surface area contributed by atoms with E-state index in [2.05, 4.69) is 10.2 Å². The van der Waals surface area contributed by atoms with Crippen LogP contribution in [0.5, 0.6) is 0 Å². The number of hydrogen-bond donors (Lipinski definition) is 1. The zero-order valence-electron chi connectivity index (χ0n) is 21.6. The van der Waals surface area contributed by atoms with Gasteiger partial charge in [0.15, 0.2) is 4.34 Å². The topological polar surface area (TPSA) is 110 Å². The fourth-order valence-corrected chi connectivity index (χ4v) is 6.43. The number of esters is 1. The number of thioether (sulfide) groups is 1. The van der Waals surface area contributed by atoms with Crippen LogP contribution in [0.1, 0.15) is 38.7 Å². The van der Waals surface area contributed by atoms with Gasteiger partial charge in [0.2, 0.25) is 5.13 Å². The average molecular weight is 610 g/mol. The largest absolute Gasteiger partial charge is 0.507 e. The molecule has 1 amide bonds. The van der Waals surface area contributed by atoms with Gasteiger partial charge in [-0.2, -0.15) is 0 Å². The van der Waals surface area contributed by atoms with Crippen molar-refractivity contribution in [3.63, 3.8) is 0 Å². The fraction of sp³-hybridized carbons (Fsp3) is 0.138. The van der Waals surface area contributed by atoms with Crippen LogP contribution in [0.25, 0.3) is 5.76 Å². The van der Waals surface area contributed by atoms with Crippen LogP contribution in [0.3, 0.4) is 0 Å². The summed E-state index contributed by atoms with van der Waals surface area (Å²) in [5, 5.41) is 20.3. The van der Waals surface area contributed by atoms with Crippen molar-refractivity contribution in [3.8, 4) is 0 Å². The molecule has 41 heavy (non-hydrogen) atoms. The molecule has 3 aromatic carbocycles. The minimum atomic E-state index is -1.12. The van der Waals surface area contributed by atoms with E-state index < -0.39 is 35.3 Å². The molecule has 1 unspecified atom stereocenters. The Hall–Kier alpha value is -4.06. The number of rotatable bonds is 7. The van der Waals surface area contributed by atoms with Gasteiger partial charge >= 0.3 is 11.9 Å². The first kappa shape index (κ1) is 28.5. The van der Waals surface area contributed by atoms with Crippen LogP contribution >= 0.6 is 34.7 Å². The smallest absolute Gasteiger partial charge is 0.337 e. The molecule has 0 spiro atoms. The van der Waals surface area contributed by atoms with Gasteiger partial charge in [-0.05, 0) is 47.9 Å². The van der Waals surface area contributed by atoms with Gasteiger partial charge in [-0.1, -0.05) is 77.2 Å². The average Bonchev–Trinajstić information content (AvgIpc) is 3.55. The lowest BCUT2D eigenvalue weighted by molar-refractivity contribution is -0.132. The molecule has 1 N–H and O–H groups in total. The summed E-state index contributed by atoms with van der Waals surface area (Å²) in [5.41, 5.74) is 1.70. The number of nitrogens with zero attached hydrogens (tertiary/aromatic N) is 3. The summed E-state index contributed by atoms with van der Waals surface area (Å²) in [6, 6.07) is 16.4. The molecule has 8 nitrogen and oxygen atoms in total. The Morgan fingerprint density at radius 1 is 1.10 bits per heavy atom. The molecule has 2 heterocycles. The number of aromatic nitrogens is 2. The first-order valence-corrected chi connectivity index (χ1v) is 14.3. The van der Waals surface area contributed by atoms with Crippen molar-refractivity contribution in [1.82, 2.24) is 10.2 Å². The first-order chi connectivity index (χ1) is 19.7. The Labute approximate surface area is 247 Å². The Morgan fingerprint density at radius 3 is 2.49 bits per heavy atom. The summed E-state index contributed by atoms with van der Waals surface area (Å²) >= 11 is 8.72. The highest BCUT2D eigenvalue weighted by Crippen LogP contribution is 2.44. The third-order valence-electron chi connectivity index (χ3n) is 6.45. The van der Waals surface area contributed by atoms with Crippen LogP contribution in [0, 0.1) is 12.7 Å². The third-order valence-corrected chi connectivity index (χ3v) is 8.92. The van der Waals surface area contributed by atoms with E-state index >= 15 is 0 Å². The predicted molar refractivity (Wildman–Crippen MR) is 155 cm³/mol. The predicted octanol–water partition coefficient (Wildman–Crippen LogP) is 6.34. The monoisotopic (exact) mass is 609 g/mol. The highest BCUT2D eigenvalue weighted by Gasteiger charge is 2.48. The number of aryl methyl sites for hydroxylation is 1. The summed E-state index contributed by atoms with van der Waals surface area (Å²) < 4.78 is 19.7. The fourth-order valence-electron chi connectivity index (χ4n) is 4.27. The Morgan fingerprint density at radius 2 is 1.80 bits per heavy atom. The Kier molecular flexibility index (Phi) is 8.20. The number of amides is 1. The van der Waals surface area contributed by atoms with E-state index in [9.17, 15) is 23.9 Å². The number of hydrogen-bond acceptors (Lipinski definition) is 9. The van der Waals surface area contributed by atoms with Crippen molar-refractivity contribution in [2.45, 2.75) is 23.1 Å². The van der Waals surface area contributed by atoms with Crippen molar-refractivity contribution >= 4 is 63.3 Å². The van der Waals surface area contributed by atoms with Gasteiger partial charge in [0.25, 0.3) is 5.78 Å². The number of carbonyl (C=O) groups is 3. The Balaban J connectivity index is 1.57. The molecule has 1 aliphatic rings. The highest BCUT2D eigenvalue weighted by molar-refractivity contribution is 8.00. The minimum Gasteiger partial charge on any atom is -0.507 e. The van der Waals surface area contributed by atoms with Gasteiger partial charge in [0.05, 0.1) is 24.3 Å². The van der Waals surface area contributed by atoms with Crippen molar-refractivity contribution < 1.29 is 28.6 Å². The molecule has 0 radical (unpaired) electrons. The normalized spacial score (nSPS) is 16.3. The summed E-state index contributed by atoms with van der Waals surface area (Å²) in [6.07, 6.45) is 0. The maximum Gasteiger partial charge on any atom is 0.337 e. The summed E-state index contributed by atoms with van der Waals surface area (Å²) in [7, 11) is 1.25. The zero-order chi connectivity index (χ0) is 29.3. The molecule has 5 rings (SSSR count). The molecule has 12 heteroatoms. The second kappa shape index (κ2) is 11.8. The molecule has 208 valence electrons.